The van der Waals surface area contributed by atoms with Gasteiger partial charge in [-0.05, 0) is 72.8 Å². The SMILES string of the molecule is C=C1C[C@H]2[C@@H]3CC=C4C=CCC[C@]4(C)[C@H]3CC[C@]2(C)C1=O. The summed E-state index contributed by atoms with van der Waals surface area (Å²) in [5.41, 5.74) is 2.71. The van der Waals surface area contributed by atoms with Crippen LogP contribution in [0.4, 0.5) is 0 Å². The first-order chi connectivity index (χ1) is 9.97. The molecule has 4 aliphatic carbocycles. The van der Waals surface area contributed by atoms with E-state index in [2.05, 4.69) is 38.7 Å². The van der Waals surface area contributed by atoms with Crippen molar-refractivity contribution in [3.63, 3.8) is 0 Å². The summed E-state index contributed by atoms with van der Waals surface area (Å²) in [7, 11) is 0. The standard InChI is InChI=1S/C20H26O/c1-13-12-17-15-8-7-14-6-4-5-10-19(14,2)16(15)9-11-20(17,3)18(13)21/h4,6-7,15-17H,1,5,8-12H2,2-3H3/t15-,16+,17+,19+,20+/m1/s1. The molecule has 1 nitrogen and oxygen atoms in total. The Bertz CT molecular complexity index is 581. The molecule has 0 N–H and O–H groups in total. The molecule has 0 aromatic heterocycles. The molecule has 0 spiro atoms. The van der Waals surface area contributed by atoms with Crippen LogP contribution in [0.15, 0.2) is 36.0 Å². The summed E-state index contributed by atoms with van der Waals surface area (Å²) in [4.78, 5) is 12.6. The van der Waals surface area contributed by atoms with E-state index in [9.17, 15) is 4.79 Å². The number of fused-ring (bicyclic) bond motifs is 5. The predicted octanol–water partition coefficient (Wildman–Crippen LogP) is 4.85. The third-order valence-corrected chi connectivity index (χ3v) is 7.35. The first-order valence-corrected chi connectivity index (χ1v) is 8.56. The highest BCUT2D eigenvalue weighted by Gasteiger charge is 2.58. The van der Waals surface area contributed by atoms with E-state index < -0.39 is 0 Å². The topological polar surface area (TPSA) is 17.1 Å². The molecule has 112 valence electrons. The second-order valence-electron chi connectivity index (χ2n) is 8.22. The smallest absolute Gasteiger partial charge is 0.164 e. The lowest BCUT2D eigenvalue weighted by atomic mass is 9.49. The molecule has 0 unspecified atom stereocenters. The molecule has 0 bridgehead atoms. The lowest BCUT2D eigenvalue weighted by molar-refractivity contribution is -0.129. The average molecular weight is 282 g/mol. The summed E-state index contributed by atoms with van der Waals surface area (Å²) in [6.07, 6.45) is 14.1. The lowest BCUT2D eigenvalue weighted by Crippen LogP contribution is -2.49. The normalized spacial score (nSPS) is 48.5. The number of hydrogen-bond acceptors (Lipinski definition) is 1. The first kappa shape index (κ1) is 13.5. The third kappa shape index (κ3) is 1.61. The van der Waals surface area contributed by atoms with Gasteiger partial charge in [0.05, 0.1) is 0 Å². The Morgan fingerprint density at radius 1 is 1.19 bits per heavy atom. The summed E-state index contributed by atoms with van der Waals surface area (Å²) < 4.78 is 0. The van der Waals surface area contributed by atoms with Gasteiger partial charge in [0.15, 0.2) is 5.78 Å². The summed E-state index contributed by atoms with van der Waals surface area (Å²) in [5.74, 6) is 2.36. The molecule has 0 saturated heterocycles. The van der Waals surface area contributed by atoms with E-state index in [1.54, 1.807) is 5.57 Å². The van der Waals surface area contributed by atoms with Crippen molar-refractivity contribution in [1.29, 1.82) is 0 Å². The van der Waals surface area contributed by atoms with Crippen molar-refractivity contribution in [1.82, 2.24) is 0 Å². The van der Waals surface area contributed by atoms with Gasteiger partial charge in [0, 0.05) is 5.41 Å². The monoisotopic (exact) mass is 282 g/mol. The molecule has 0 radical (unpaired) electrons. The second kappa shape index (κ2) is 4.21. The fourth-order valence-corrected chi connectivity index (χ4v) is 6.04. The summed E-state index contributed by atoms with van der Waals surface area (Å²) in [5, 5.41) is 0. The Balaban J connectivity index is 1.75. The van der Waals surface area contributed by atoms with Gasteiger partial charge in [0.2, 0.25) is 0 Å². The minimum Gasteiger partial charge on any atom is -0.294 e. The molecule has 21 heavy (non-hydrogen) atoms. The molecular formula is C20H26O. The third-order valence-electron chi connectivity index (χ3n) is 7.35. The van der Waals surface area contributed by atoms with E-state index >= 15 is 0 Å². The molecule has 5 atom stereocenters. The van der Waals surface area contributed by atoms with Gasteiger partial charge in [0.1, 0.15) is 0 Å². The van der Waals surface area contributed by atoms with Crippen molar-refractivity contribution >= 4 is 5.78 Å². The Labute approximate surface area is 128 Å². The predicted molar refractivity (Wildman–Crippen MR) is 85.8 cm³/mol. The van der Waals surface area contributed by atoms with Gasteiger partial charge in [-0.1, -0.05) is 38.7 Å². The van der Waals surface area contributed by atoms with Gasteiger partial charge in [-0.25, -0.2) is 0 Å². The van der Waals surface area contributed by atoms with Crippen LogP contribution in [0.25, 0.3) is 0 Å². The Morgan fingerprint density at radius 2 is 2.00 bits per heavy atom. The zero-order valence-electron chi connectivity index (χ0n) is 13.3. The van der Waals surface area contributed by atoms with Gasteiger partial charge in [-0.2, -0.15) is 0 Å². The zero-order valence-corrected chi connectivity index (χ0v) is 13.3. The molecule has 0 heterocycles. The van der Waals surface area contributed by atoms with E-state index in [0.29, 0.717) is 23.0 Å². The van der Waals surface area contributed by atoms with Gasteiger partial charge >= 0.3 is 0 Å². The van der Waals surface area contributed by atoms with Crippen molar-refractivity contribution in [3.8, 4) is 0 Å². The number of Topliss-reactive ketones (excluding diaryl/α,β-unsaturated/α-hetero) is 1. The Hall–Kier alpha value is -1.11. The fourth-order valence-electron chi connectivity index (χ4n) is 6.04. The van der Waals surface area contributed by atoms with Crippen molar-refractivity contribution in [2.75, 3.05) is 0 Å². The Kier molecular flexibility index (Phi) is 2.72. The van der Waals surface area contributed by atoms with Crippen LogP contribution in [-0.2, 0) is 4.79 Å². The van der Waals surface area contributed by atoms with Crippen LogP contribution in [0, 0.1) is 28.6 Å². The highest BCUT2D eigenvalue weighted by atomic mass is 16.1. The van der Waals surface area contributed by atoms with Gasteiger partial charge in [-0.3, -0.25) is 4.79 Å². The maximum absolute atomic E-state index is 12.6. The summed E-state index contributed by atoms with van der Waals surface area (Å²) in [6, 6.07) is 0. The van der Waals surface area contributed by atoms with E-state index in [1.807, 2.05) is 0 Å². The average Bonchev–Trinajstić information content (AvgIpc) is 2.70. The van der Waals surface area contributed by atoms with Crippen molar-refractivity contribution < 1.29 is 4.79 Å². The van der Waals surface area contributed by atoms with Crippen LogP contribution in [0.1, 0.15) is 52.4 Å². The maximum Gasteiger partial charge on any atom is 0.164 e. The molecule has 0 aliphatic heterocycles. The molecule has 0 aromatic carbocycles. The quantitative estimate of drug-likeness (QED) is 0.580. The number of allylic oxidation sites excluding steroid dienone is 5. The molecule has 2 fully saturated rings. The number of rotatable bonds is 0. The highest BCUT2D eigenvalue weighted by molar-refractivity contribution is 6.02. The van der Waals surface area contributed by atoms with Crippen LogP contribution in [0.3, 0.4) is 0 Å². The zero-order chi connectivity index (χ0) is 14.8. The van der Waals surface area contributed by atoms with Crippen molar-refractivity contribution in [2.45, 2.75) is 52.4 Å². The number of hydrogen-bond donors (Lipinski definition) is 0. The van der Waals surface area contributed by atoms with E-state index in [0.717, 1.165) is 24.3 Å². The van der Waals surface area contributed by atoms with Crippen LogP contribution in [-0.4, -0.2) is 5.78 Å². The summed E-state index contributed by atoms with van der Waals surface area (Å²) in [6.45, 7) is 8.76. The van der Waals surface area contributed by atoms with Crippen LogP contribution >= 0.6 is 0 Å². The molecule has 0 aromatic rings. The molecule has 4 rings (SSSR count). The minimum absolute atomic E-state index is 0.107. The van der Waals surface area contributed by atoms with Crippen molar-refractivity contribution in [3.05, 3.63) is 36.0 Å². The number of carbonyl (C=O) groups excluding carboxylic acids is 1. The van der Waals surface area contributed by atoms with E-state index in [1.165, 1.54) is 25.7 Å². The first-order valence-electron chi connectivity index (χ1n) is 8.56. The number of ketones is 1. The summed E-state index contributed by atoms with van der Waals surface area (Å²) >= 11 is 0. The lowest BCUT2D eigenvalue weighted by Gasteiger charge is -2.55. The van der Waals surface area contributed by atoms with Crippen LogP contribution in [0.5, 0.6) is 0 Å². The molecule has 0 amide bonds. The van der Waals surface area contributed by atoms with Gasteiger partial charge in [0.25, 0.3) is 0 Å². The number of carbonyl (C=O) groups is 1. The Morgan fingerprint density at radius 3 is 2.81 bits per heavy atom. The van der Waals surface area contributed by atoms with Crippen LogP contribution < -0.4 is 0 Å². The largest absolute Gasteiger partial charge is 0.294 e. The second-order valence-corrected chi connectivity index (χ2v) is 8.22. The molecule has 4 aliphatic rings. The maximum atomic E-state index is 12.6. The fraction of sp³-hybridized carbons (Fsp3) is 0.650. The van der Waals surface area contributed by atoms with Crippen LogP contribution in [0.2, 0.25) is 0 Å². The van der Waals surface area contributed by atoms with Crippen molar-refractivity contribution in [2.24, 2.45) is 28.6 Å². The minimum atomic E-state index is -0.107. The van der Waals surface area contributed by atoms with Gasteiger partial charge in [-0.15, -0.1) is 0 Å². The van der Waals surface area contributed by atoms with Gasteiger partial charge < -0.3 is 0 Å². The van der Waals surface area contributed by atoms with E-state index in [-0.39, 0.29) is 5.41 Å². The highest BCUT2D eigenvalue weighted by Crippen LogP contribution is 2.63. The van der Waals surface area contributed by atoms with E-state index in [4.69, 9.17) is 0 Å². The molecular weight excluding hydrogens is 256 g/mol. The molecule has 2 saturated carbocycles. The molecule has 1 heteroatoms.